The van der Waals surface area contributed by atoms with Crippen molar-refractivity contribution in [3.63, 3.8) is 0 Å². The van der Waals surface area contributed by atoms with Gasteiger partial charge in [0.15, 0.2) is 11.6 Å². The first kappa shape index (κ1) is 17.4. The number of carbonyl (C=O) groups is 1. The minimum absolute atomic E-state index is 0.184. The number of hydrogen-bond donors (Lipinski definition) is 1. The fraction of sp³-hybridized carbons (Fsp3) is 0.350. The van der Waals surface area contributed by atoms with Gasteiger partial charge in [0.1, 0.15) is 6.04 Å². The van der Waals surface area contributed by atoms with Crippen molar-refractivity contribution in [3.8, 4) is 5.75 Å². The number of ether oxygens (including phenoxy) is 1. The molecule has 1 aliphatic heterocycles. The summed E-state index contributed by atoms with van der Waals surface area (Å²) in [4.78, 5) is 13.7. The molecular weight excluding hydrogens is 321 g/mol. The first-order valence-electron chi connectivity index (χ1n) is 8.40. The van der Waals surface area contributed by atoms with Crippen molar-refractivity contribution in [3.05, 3.63) is 65.0 Å². The molecule has 1 heterocycles. The number of halogens is 1. The van der Waals surface area contributed by atoms with Crippen molar-refractivity contribution in [2.24, 2.45) is 0 Å². The predicted octanol–water partition coefficient (Wildman–Crippen LogP) is 3.78. The van der Waals surface area contributed by atoms with E-state index in [-0.39, 0.29) is 11.8 Å². The quantitative estimate of drug-likeness (QED) is 0.898. The van der Waals surface area contributed by atoms with Crippen LogP contribution in [0.3, 0.4) is 0 Å². The van der Waals surface area contributed by atoms with Crippen LogP contribution in [-0.2, 0) is 4.79 Å². The van der Waals surface area contributed by atoms with Gasteiger partial charge in [-0.2, -0.15) is 0 Å². The molecule has 0 spiro atoms. The van der Waals surface area contributed by atoms with Gasteiger partial charge in [0, 0.05) is 6.54 Å². The standard InChI is InChI=1S/C20H22FNO3/c1-13-6-3-4-7-15(13)19(22-11-5-8-17(22)20(23)24)14-9-10-18(25-2)16(21)12-14/h3-4,6-7,9-10,12,17,19H,5,8,11H2,1-2H3,(H,23,24). The second-order valence-electron chi connectivity index (χ2n) is 6.39. The summed E-state index contributed by atoms with van der Waals surface area (Å²) in [5, 5.41) is 9.60. The van der Waals surface area contributed by atoms with Crippen molar-refractivity contribution in [1.29, 1.82) is 0 Å². The average Bonchev–Trinajstić information content (AvgIpc) is 3.07. The molecule has 0 radical (unpaired) electrons. The summed E-state index contributed by atoms with van der Waals surface area (Å²) in [7, 11) is 1.43. The molecule has 0 saturated carbocycles. The van der Waals surface area contributed by atoms with Crippen molar-refractivity contribution < 1.29 is 19.0 Å². The van der Waals surface area contributed by atoms with E-state index in [9.17, 15) is 14.3 Å². The molecule has 0 aliphatic carbocycles. The Balaban J connectivity index is 2.11. The van der Waals surface area contributed by atoms with Gasteiger partial charge in [-0.25, -0.2) is 4.39 Å². The number of aryl methyl sites for hydroxylation is 1. The maximum atomic E-state index is 14.3. The molecule has 25 heavy (non-hydrogen) atoms. The number of benzene rings is 2. The van der Waals surface area contributed by atoms with E-state index in [1.54, 1.807) is 6.07 Å². The van der Waals surface area contributed by atoms with Gasteiger partial charge in [-0.3, -0.25) is 9.69 Å². The summed E-state index contributed by atoms with van der Waals surface area (Å²) >= 11 is 0. The Kier molecular flexibility index (Phi) is 5.04. The highest BCUT2D eigenvalue weighted by Gasteiger charge is 2.37. The molecule has 0 bridgehead atoms. The van der Waals surface area contributed by atoms with Gasteiger partial charge >= 0.3 is 5.97 Å². The summed E-state index contributed by atoms with van der Waals surface area (Å²) in [5.74, 6) is -1.08. The highest BCUT2D eigenvalue weighted by atomic mass is 19.1. The largest absolute Gasteiger partial charge is 0.494 e. The SMILES string of the molecule is COc1ccc(C(c2ccccc2C)N2CCCC2C(=O)O)cc1F. The third kappa shape index (κ3) is 3.37. The zero-order valence-corrected chi connectivity index (χ0v) is 14.4. The van der Waals surface area contributed by atoms with Crippen LogP contribution in [0.4, 0.5) is 4.39 Å². The second kappa shape index (κ2) is 7.23. The van der Waals surface area contributed by atoms with Crippen LogP contribution in [0.15, 0.2) is 42.5 Å². The molecule has 1 N–H and O–H groups in total. The van der Waals surface area contributed by atoms with E-state index in [1.807, 2.05) is 42.2 Å². The summed E-state index contributed by atoms with van der Waals surface area (Å²) in [6, 6.07) is 11.9. The van der Waals surface area contributed by atoms with Gasteiger partial charge in [-0.05, 0) is 48.6 Å². The smallest absolute Gasteiger partial charge is 0.320 e. The lowest BCUT2D eigenvalue weighted by Crippen LogP contribution is -2.39. The molecule has 2 atom stereocenters. The molecule has 1 fully saturated rings. The Labute approximate surface area is 146 Å². The van der Waals surface area contributed by atoms with Gasteiger partial charge in [0.05, 0.1) is 13.2 Å². The fourth-order valence-corrected chi connectivity index (χ4v) is 3.66. The van der Waals surface area contributed by atoms with E-state index in [2.05, 4.69) is 0 Å². The van der Waals surface area contributed by atoms with Crippen molar-refractivity contribution in [1.82, 2.24) is 4.90 Å². The second-order valence-corrected chi connectivity index (χ2v) is 6.39. The lowest BCUT2D eigenvalue weighted by atomic mass is 9.93. The van der Waals surface area contributed by atoms with Crippen molar-refractivity contribution in [2.45, 2.75) is 31.8 Å². The molecule has 4 nitrogen and oxygen atoms in total. The van der Waals surface area contributed by atoms with Gasteiger partial charge in [0.2, 0.25) is 0 Å². The van der Waals surface area contributed by atoms with Crippen LogP contribution in [0.5, 0.6) is 5.75 Å². The summed E-state index contributed by atoms with van der Waals surface area (Å²) in [6.07, 6.45) is 1.42. The number of aliphatic carboxylic acids is 1. The predicted molar refractivity (Wildman–Crippen MR) is 93.3 cm³/mol. The molecule has 3 rings (SSSR count). The van der Waals surface area contributed by atoms with Crippen LogP contribution in [0.25, 0.3) is 0 Å². The number of hydrogen-bond acceptors (Lipinski definition) is 3. The molecule has 0 aromatic heterocycles. The van der Waals surface area contributed by atoms with Gasteiger partial charge in [-0.15, -0.1) is 0 Å². The minimum Gasteiger partial charge on any atom is -0.494 e. The van der Waals surface area contributed by atoms with E-state index in [0.29, 0.717) is 13.0 Å². The summed E-state index contributed by atoms with van der Waals surface area (Å²) in [6.45, 7) is 2.66. The van der Waals surface area contributed by atoms with E-state index >= 15 is 0 Å². The Morgan fingerprint density at radius 1 is 1.32 bits per heavy atom. The first-order valence-corrected chi connectivity index (χ1v) is 8.40. The lowest BCUT2D eigenvalue weighted by molar-refractivity contribution is -0.142. The molecule has 5 heteroatoms. The van der Waals surface area contributed by atoms with E-state index in [4.69, 9.17) is 4.74 Å². The van der Waals surface area contributed by atoms with Crippen LogP contribution >= 0.6 is 0 Å². The van der Waals surface area contributed by atoms with Gasteiger partial charge < -0.3 is 9.84 Å². The van der Waals surface area contributed by atoms with Crippen LogP contribution in [-0.4, -0.2) is 35.7 Å². The zero-order chi connectivity index (χ0) is 18.0. The number of likely N-dealkylation sites (tertiary alicyclic amines) is 1. The number of nitrogens with zero attached hydrogens (tertiary/aromatic N) is 1. The highest BCUT2D eigenvalue weighted by molar-refractivity contribution is 5.74. The Hall–Kier alpha value is -2.40. The highest BCUT2D eigenvalue weighted by Crippen LogP contribution is 2.37. The molecule has 1 aliphatic rings. The van der Waals surface area contributed by atoms with Crippen molar-refractivity contribution >= 4 is 5.97 Å². The molecule has 0 amide bonds. The minimum atomic E-state index is -0.829. The Bertz CT molecular complexity index is 777. The normalized spacial score (nSPS) is 18.9. The number of methoxy groups -OCH3 is 1. The maximum Gasteiger partial charge on any atom is 0.320 e. The average molecular weight is 343 g/mol. The van der Waals surface area contributed by atoms with Gasteiger partial charge in [0.25, 0.3) is 0 Å². The number of carboxylic acid groups (broad SMARTS) is 1. The fourth-order valence-electron chi connectivity index (χ4n) is 3.66. The topological polar surface area (TPSA) is 49.8 Å². The lowest BCUT2D eigenvalue weighted by Gasteiger charge is -2.33. The van der Waals surface area contributed by atoms with Crippen LogP contribution in [0.2, 0.25) is 0 Å². The number of carboxylic acids is 1. The zero-order valence-electron chi connectivity index (χ0n) is 14.4. The van der Waals surface area contributed by atoms with E-state index in [0.717, 1.165) is 23.1 Å². The molecule has 132 valence electrons. The Morgan fingerprint density at radius 3 is 2.72 bits per heavy atom. The molecular formula is C20H22FNO3. The van der Waals surface area contributed by atoms with Crippen LogP contribution in [0.1, 0.15) is 35.6 Å². The van der Waals surface area contributed by atoms with Crippen LogP contribution < -0.4 is 4.74 Å². The summed E-state index contributed by atoms with van der Waals surface area (Å²) in [5.41, 5.74) is 2.79. The third-order valence-electron chi connectivity index (χ3n) is 4.89. The summed E-state index contributed by atoms with van der Waals surface area (Å²) < 4.78 is 19.3. The Morgan fingerprint density at radius 2 is 2.08 bits per heavy atom. The van der Waals surface area contributed by atoms with Gasteiger partial charge in [-0.1, -0.05) is 30.3 Å². The number of rotatable bonds is 5. The molecule has 1 saturated heterocycles. The first-order chi connectivity index (χ1) is 12.0. The molecule has 2 unspecified atom stereocenters. The van der Waals surface area contributed by atoms with E-state index in [1.165, 1.54) is 13.2 Å². The molecule has 2 aromatic rings. The van der Waals surface area contributed by atoms with Crippen molar-refractivity contribution in [2.75, 3.05) is 13.7 Å². The monoisotopic (exact) mass is 343 g/mol. The van der Waals surface area contributed by atoms with Crippen LogP contribution in [0, 0.1) is 12.7 Å². The molecule has 2 aromatic carbocycles. The third-order valence-corrected chi connectivity index (χ3v) is 4.89. The maximum absolute atomic E-state index is 14.3. The van der Waals surface area contributed by atoms with E-state index < -0.39 is 17.8 Å².